The van der Waals surface area contributed by atoms with E-state index in [1.807, 2.05) is 18.2 Å². The Hall–Kier alpha value is -1.22. The van der Waals surface area contributed by atoms with E-state index in [-0.39, 0.29) is 6.10 Å². The van der Waals surface area contributed by atoms with E-state index in [9.17, 15) is 5.11 Å². The van der Waals surface area contributed by atoms with E-state index in [1.54, 1.807) is 0 Å². The summed E-state index contributed by atoms with van der Waals surface area (Å²) in [7, 11) is 0. The third-order valence-corrected chi connectivity index (χ3v) is 4.09. The third kappa shape index (κ3) is 2.19. The second kappa shape index (κ2) is 4.81. The average Bonchev–Trinajstić information content (AvgIpc) is 2.84. The molecule has 1 aliphatic carbocycles. The molecule has 3 heteroatoms. The summed E-state index contributed by atoms with van der Waals surface area (Å²) in [6.45, 7) is 3.46. The van der Waals surface area contributed by atoms with E-state index in [1.165, 1.54) is 6.42 Å². The lowest BCUT2D eigenvalue weighted by Crippen LogP contribution is -2.16. The van der Waals surface area contributed by atoms with Crippen LogP contribution in [-0.4, -0.2) is 18.3 Å². The highest BCUT2D eigenvalue weighted by Gasteiger charge is 2.29. The Balaban J connectivity index is 1.79. The van der Waals surface area contributed by atoms with Crippen molar-refractivity contribution in [2.45, 2.75) is 32.3 Å². The molecule has 1 saturated carbocycles. The van der Waals surface area contributed by atoms with Crippen molar-refractivity contribution in [3.63, 3.8) is 0 Å². The zero-order valence-electron chi connectivity index (χ0n) is 10.8. The van der Waals surface area contributed by atoms with Crippen molar-refractivity contribution in [2.75, 3.05) is 13.2 Å². The van der Waals surface area contributed by atoms with Crippen LogP contribution < -0.4 is 9.47 Å². The Morgan fingerprint density at radius 3 is 2.67 bits per heavy atom. The quantitative estimate of drug-likeness (QED) is 0.874. The van der Waals surface area contributed by atoms with Crippen LogP contribution in [0.4, 0.5) is 0 Å². The second-order valence-electron chi connectivity index (χ2n) is 5.53. The van der Waals surface area contributed by atoms with Crippen LogP contribution in [0, 0.1) is 11.8 Å². The van der Waals surface area contributed by atoms with Gasteiger partial charge < -0.3 is 14.6 Å². The Bertz CT molecular complexity index is 430. The van der Waals surface area contributed by atoms with Crippen molar-refractivity contribution >= 4 is 0 Å². The van der Waals surface area contributed by atoms with Crippen molar-refractivity contribution in [3.8, 4) is 11.5 Å². The molecule has 3 nitrogen and oxygen atoms in total. The van der Waals surface area contributed by atoms with Gasteiger partial charge in [0.05, 0.1) is 6.10 Å². The molecule has 98 valence electrons. The van der Waals surface area contributed by atoms with Gasteiger partial charge in [-0.05, 0) is 42.4 Å². The lowest BCUT2D eigenvalue weighted by Gasteiger charge is -2.22. The van der Waals surface area contributed by atoms with Crippen LogP contribution in [-0.2, 0) is 0 Å². The molecule has 0 spiro atoms. The molecule has 0 aromatic heterocycles. The van der Waals surface area contributed by atoms with Gasteiger partial charge in [-0.3, -0.25) is 0 Å². The Labute approximate surface area is 108 Å². The number of ether oxygens (including phenoxy) is 2. The molecular weight excluding hydrogens is 228 g/mol. The summed E-state index contributed by atoms with van der Waals surface area (Å²) in [6.07, 6.45) is 3.10. The second-order valence-corrected chi connectivity index (χ2v) is 5.53. The van der Waals surface area contributed by atoms with Crippen LogP contribution in [0.3, 0.4) is 0 Å². The summed E-state index contributed by atoms with van der Waals surface area (Å²) in [5.41, 5.74) is 0.957. The maximum absolute atomic E-state index is 10.4. The van der Waals surface area contributed by atoms with Crippen LogP contribution in [0.1, 0.15) is 37.9 Å². The van der Waals surface area contributed by atoms with Gasteiger partial charge in [-0.15, -0.1) is 0 Å². The smallest absolute Gasteiger partial charge is 0.161 e. The molecule has 1 aromatic rings. The SMILES string of the molecule is CC1CCC(C(O)c2ccc3c(c2)OCCO3)C1. The predicted molar refractivity (Wildman–Crippen MR) is 68.9 cm³/mol. The molecule has 1 fully saturated rings. The maximum Gasteiger partial charge on any atom is 0.161 e. The van der Waals surface area contributed by atoms with Crippen molar-refractivity contribution in [3.05, 3.63) is 23.8 Å². The first-order valence-electron chi connectivity index (χ1n) is 6.81. The lowest BCUT2D eigenvalue weighted by molar-refractivity contribution is 0.108. The molecule has 1 heterocycles. The number of benzene rings is 1. The van der Waals surface area contributed by atoms with E-state index in [0.29, 0.717) is 19.1 Å². The number of fused-ring (bicyclic) bond motifs is 1. The first-order valence-corrected chi connectivity index (χ1v) is 6.81. The topological polar surface area (TPSA) is 38.7 Å². The van der Waals surface area contributed by atoms with Crippen LogP contribution in [0.15, 0.2) is 18.2 Å². The van der Waals surface area contributed by atoms with Gasteiger partial charge in [-0.1, -0.05) is 19.4 Å². The number of aliphatic hydroxyl groups is 1. The molecule has 0 bridgehead atoms. The van der Waals surface area contributed by atoms with Crippen LogP contribution in [0.2, 0.25) is 0 Å². The summed E-state index contributed by atoms with van der Waals surface area (Å²) in [5, 5.41) is 10.4. The molecule has 0 radical (unpaired) electrons. The zero-order valence-corrected chi connectivity index (χ0v) is 10.8. The molecular formula is C15H20O3. The van der Waals surface area contributed by atoms with Gasteiger partial charge in [-0.2, -0.15) is 0 Å². The van der Waals surface area contributed by atoms with Gasteiger partial charge in [0.25, 0.3) is 0 Å². The number of hydrogen-bond acceptors (Lipinski definition) is 3. The zero-order chi connectivity index (χ0) is 12.5. The van der Waals surface area contributed by atoms with Gasteiger partial charge in [0.2, 0.25) is 0 Å². The van der Waals surface area contributed by atoms with Gasteiger partial charge in [0, 0.05) is 0 Å². The minimum absolute atomic E-state index is 0.370. The normalized spacial score (nSPS) is 28.1. The highest BCUT2D eigenvalue weighted by molar-refractivity contribution is 5.44. The molecule has 3 rings (SSSR count). The molecule has 3 unspecified atom stereocenters. The summed E-state index contributed by atoms with van der Waals surface area (Å²) in [5.74, 6) is 2.69. The fourth-order valence-corrected chi connectivity index (χ4v) is 3.05. The molecule has 3 atom stereocenters. The van der Waals surface area contributed by atoms with Crippen molar-refractivity contribution in [1.82, 2.24) is 0 Å². The van der Waals surface area contributed by atoms with E-state index >= 15 is 0 Å². The number of aliphatic hydroxyl groups excluding tert-OH is 1. The van der Waals surface area contributed by atoms with E-state index < -0.39 is 0 Å². The highest BCUT2D eigenvalue weighted by Crippen LogP contribution is 2.41. The Kier molecular flexibility index (Phi) is 3.16. The first kappa shape index (κ1) is 11.8. The van der Waals surface area contributed by atoms with Crippen molar-refractivity contribution in [1.29, 1.82) is 0 Å². The van der Waals surface area contributed by atoms with Crippen LogP contribution >= 0.6 is 0 Å². The minimum atomic E-state index is -0.370. The fourth-order valence-electron chi connectivity index (χ4n) is 3.05. The average molecular weight is 248 g/mol. The van der Waals surface area contributed by atoms with E-state index in [4.69, 9.17) is 9.47 Å². The Morgan fingerprint density at radius 1 is 1.17 bits per heavy atom. The van der Waals surface area contributed by atoms with Gasteiger partial charge in [0.15, 0.2) is 11.5 Å². The molecule has 0 amide bonds. The Morgan fingerprint density at radius 2 is 1.94 bits per heavy atom. The largest absolute Gasteiger partial charge is 0.486 e. The number of hydrogen-bond donors (Lipinski definition) is 1. The van der Waals surface area contributed by atoms with Gasteiger partial charge >= 0.3 is 0 Å². The van der Waals surface area contributed by atoms with Gasteiger partial charge in [-0.25, -0.2) is 0 Å². The lowest BCUT2D eigenvalue weighted by atomic mass is 9.93. The summed E-state index contributed by atoms with van der Waals surface area (Å²) >= 11 is 0. The van der Waals surface area contributed by atoms with Crippen molar-refractivity contribution in [2.24, 2.45) is 11.8 Å². The summed E-state index contributed by atoms with van der Waals surface area (Å²) < 4.78 is 11.1. The molecule has 1 aromatic carbocycles. The van der Waals surface area contributed by atoms with E-state index in [2.05, 4.69) is 6.92 Å². The molecule has 2 aliphatic rings. The molecule has 1 aliphatic heterocycles. The van der Waals surface area contributed by atoms with Gasteiger partial charge in [0.1, 0.15) is 13.2 Å². The molecule has 0 saturated heterocycles. The maximum atomic E-state index is 10.4. The fraction of sp³-hybridized carbons (Fsp3) is 0.600. The monoisotopic (exact) mass is 248 g/mol. The minimum Gasteiger partial charge on any atom is -0.486 e. The standard InChI is InChI=1S/C15H20O3/c1-10-2-3-11(8-10)15(16)12-4-5-13-14(9-12)18-7-6-17-13/h4-5,9-11,15-16H,2-3,6-8H2,1H3. The third-order valence-electron chi connectivity index (χ3n) is 4.09. The van der Waals surface area contributed by atoms with Crippen molar-refractivity contribution < 1.29 is 14.6 Å². The summed E-state index contributed by atoms with van der Waals surface area (Å²) in [6, 6.07) is 5.80. The van der Waals surface area contributed by atoms with Crippen LogP contribution in [0.25, 0.3) is 0 Å². The van der Waals surface area contributed by atoms with E-state index in [0.717, 1.165) is 35.8 Å². The molecule has 1 N–H and O–H groups in total. The van der Waals surface area contributed by atoms with Crippen LogP contribution in [0.5, 0.6) is 11.5 Å². The number of rotatable bonds is 2. The highest BCUT2D eigenvalue weighted by atomic mass is 16.6. The first-order chi connectivity index (χ1) is 8.74. The summed E-state index contributed by atoms with van der Waals surface area (Å²) in [4.78, 5) is 0. The predicted octanol–water partition coefficient (Wildman–Crippen LogP) is 2.93. The molecule has 18 heavy (non-hydrogen) atoms.